The number of carbonyl (C=O) groups is 3. The molecule has 176 valence electrons. The average Bonchev–Trinajstić information content (AvgIpc) is 3.17. The number of hydrogen-bond donors (Lipinski definition) is 1. The molecule has 2 aromatic carbocycles. The van der Waals surface area contributed by atoms with E-state index in [1.807, 2.05) is 6.92 Å². The lowest BCUT2D eigenvalue weighted by Gasteiger charge is -2.17. The van der Waals surface area contributed by atoms with Crippen LogP contribution in [0.5, 0.6) is 5.75 Å². The minimum Gasteiger partial charge on any atom is -0.494 e. The summed E-state index contributed by atoms with van der Waals surface area (Å²) in [7, 11) is 0. The first-order valence-corrected chi connectivity index (χ1v) is 10.3. The summed E-state index contributed by atoms with van der Waals surface area (Å²) < 4.78 is 48.8. The number of amides is 2. The molecule has 2 aromatic rings. The zero-order valence-electron chi connectivity index (χ0n) is 17.9. The number of halogens is 3. The number of anilines is 2. The van der Waals surface area contributed by atoms with Crippen LogP contribution in [0.4, 0.5) is 24.5 Å². The van der Waals surface area contributed by atoms with E-state index in [-0.39, 0.29) is 24.6 Å². The summed E-state index contributed by atoms with van der Waals surface area (Å²) in [6, 6.07) is 11.0. The number of rotatable bonds is 8. The van der Waals surface area contributed by atoms with Crippen molar-refractivity contribution in [3.8, 4) is 5.75 Å². The van der Waals surface area contributed by atoms with E-state index in [0.717, 1.165) is 24.6 Å². The highest BCUT2D eigenvalue weighted by Gasteiger charge is 2.36. The predicted octanol–water partition coefficient (Wildman–Crippen LogP) is 4.03. The van der Waals surface area contributed by atoms with Crippen LogP contribution >= 0.6 is 0 Å². The molecule has 1 atom stereocenters. The van der Waals surface area contributed by atoms with E-state index < -0.39 is 36.1 Å². The summed E-state index contributed by atoms with van der Waals surface area (Å²) in [6.07, 6.45) is -3.74. The van der Waals surface area contributed by atoms with E-state index in [9.17, 15) is 27.6 Å². The highest BCUT2D eigenvalue weighted by atomic mass is 19.4. The van der Waals surface area contributed by atoms with Crippen molar-refractivity contribution in [3.05, 3.63) is 54.1 Å². The molecule has 0 saturated carbocycles. The van der Waals surface area contributed by atoms with Crippen molar-refractivity contribution in [2.24, 2.45) is 5.92 Å². The number of nitrogens with one attached hydrogen (secondary N) is 1. The molecule has 0 bridgehead atoms. The van der Waals surface area contributed by atoms with Gasteiger partial charge in [0.1, 0.15) is 5.75 Å². The van der Waals surface area contributed by atoms with E-state index in [1.54, 1.807) is 24.3 Å². The van der Waals surface area contributed by atoms with Gasteiger partial charge in [0.05, 0.1) is 18.1 Å². The summed E-state index contributed by atoms with van der Waals surface area (Å²) in [5.41, 5.74) is -0.368. The molecule has 1 N–H and O–H groups in total. The lowest BCUT2D eigenvalue weighted by Crippen LogP contribution is -2.28. The molecule has 1 saturated heterocycles. The number of hydrogen-bond acceptors (Lipinski definition) is 5. The second kappa shape index (κ2) is 10.4. The molecule has 7 nitrogen and oxygen atoms in total. The fourth-order valence-electron chi connectivity index (χ4n) is 3.28. The van der Waals surface area contributed by atoms with Crippen molar-refractivity contribution in [2.45, 2.75) is 25.9 Å². The summed E-state index contributed by atoms with van der Waals surface area (Å²) in [6.45, 7) is 1.99. The minimum absolute atomic E-state index is 0.0673. The second-order valence-electron chi connectivity index (χ2n) is 7.48. The molecule has 0 radical (unpaired) electrons. The number of carbonyl (C=O) groups excluding carboxylic acids is 3. The molecule has 1 aliphatic rings. The molecular formula is C23H23F3N2O5. The zero-order chi connectivity index (χ0) is 24.0. The SMILES string of the molecule is CCCOc1ccc(N2C[C@@H](C(=O)OCC(=O)Nc3cccc(C(F)(F)F)c3)CC2=O)cc1. The van der Waals surface area contributed by atoms with Crippen LogP contribution in [0, 0.1) is 5.92 Å². The minimum atomic E-state index is -4.54. The van der Waals surface area contributed by atoms with Crippen LogP contribution in [-0.4, -0.2) is 37.5 Å². The van der Waals surface area contributed by atoms with Crippen LogP contribution in [0.1, 0.15) is 25.3 Å². The molecular weight excluding hydrogens is 441 g/mol. The van der Waals surface area contributed by atoms with Gasteiger partial charge in [-0.2, -0.15) is 13.2 Å². The van der Waals surface area contributed by atoms with Crippen molar-refractivity contribution in [1.82, 2.24) is 0 Å². The summed E-state index contributed by atoms with van der Waals surface area (Å²) >= 11 is 0. The Balaban J connectivity index is 1.51. The largest absolute Gasteiger partial charge is 0.494 e. The van der Waals surface area contributed by atoms with Crippen LogP contribution in [0.15, 0.2) is 48.5 Å². The van der Waals surface area contributed by atoms with E-state index >= 15 is 0 Å². The second-order valence-corrected chi connectivity index (χ2v) is 7.48. The van der Waals surface area contributed by atoms with Gasteiger partial charge in [-0.25, -0.2) is 0 Å². The van der Waals surface area contributed by atoms with Crippen LogP contribution < -0.4 is 15.0 Å². The van der Waals surface area contributed by atoms with E-state index in [1.165, 1.54) is 11.0 Å². The molecule has 0 aliphatic carbocycles. The predicted molar refractivity (Wildman–Crippen MR) is 114 cm³/mol. The highest BCUT2D eigenvalue weighted by Crippen LogP contribution is 2.31. The Labute approximate surface area is 188 Å². The molecule has 1 fully saturated rings. The molecule has 0 unspecified atom stereocenters. The van der Waals surface area contributed by atoms with Crippen LogP contribution in [0.2, 0.25) is 0 Å². The van der Waals surface area contributed by atoms with Crippen molar-refractivity contribution >= 4 is 29.2 Å². The lowest BCUT2D eigenvalue weighted by atomic mass is 10.1. The average molecular weight is 464 g/mol. The number of ether oxygens (including phenoxy) is 2. The number of nitrogens with zero attached hydrogens (tertiary/aromatic N) is 1. The van der Waals surface area contributed by atoms with Gasteiger partial charge in [-0.1, -0.05) is 13.0 Å². The molecule has 33 heavy (non-hydrogen) atoms. The smallest absolute Gasteiger partial charge is 0.416 e. The van der Waals surface area contributed by atoms with Gasteiger partial charge < -0.3 is 19.7 Å². The first-order valence-electron chi connectivity index (χ1n) is 10.3. The van der Waals surface area contributed by atoms with Crippen molar-refractivity contribution < 1.29 is 37.0 Å². The van der Waals surface area contributed by atoms with Gasteiger partial charge >= 0.3 is 12.1 Å². The maximum atomic E-state index is 12.8. The maximum Gasteiger partial charge on any atom is 0.416 e. The Morgan fingerprint density at radius 3 is 2.55 bits per heavy atom. The normalized spacial score (nSPS) is 15.9. The fraction of sp³-hybridized carbons (Fsp3) is 0.348. The molecule has 1 heterocycles. The highest BCUT2D eigenvalue weighted by molar-refractivity contribution is 6.00. The number of alkyl halides is 3. The van der Waals surface area contributed by atoms with E-state index in [4.69, 9.17) is 9.47 Å². The van der Waals surface area contributed by atoms with E-state index in [0.29, 0.717) is 18.0 Å². The Kier molecular flexibility index (Phi) is 7.57. The van der Waals surface area contributed by atoms with Crippen molar-refractivity contribution in [1.29, 1.82) is 0 Å². The topological polar surface area (TPSA) is 84.9 Å². The standard InChI is InChI=1S/C23H23F3N2O5/c1-2-10-32-19-8-6-18(7-9-19)28-13-15(11-21(28)30)22(31)33-14-20(29)27-17-5-3-4-16(12-17)23(24,25)26/h3-9,12,15H,2,10-11,13-14H2,1H3,(H,27,29)/t15-/m0/s1. The first kappa shape index (κ1) is 24.1. The van der Waals surface area contributed by atoms with Gasteiger partial charge in [-0.3, -0.25) is 14.4 Å². The summed E-state index contributed by atoms with van der Waals surface area (Å²) in [4.78, 5) is 38.1. The third kappa shape index (κ3) is 6.47. The number of benzene rings is 2. The van der Waals surface area contributed by atoms with Gasteiger partial charge in [0, 0.05) is 24.3 Å². The fourth-order valence-corrected chi connectivity index (χ4v) is 3.28. The van der Waals surface area contributed by atoms with Crippen molar-refractivity contribution in [3.63, 3.8) is 0 Å². The molecule has 0 aromatic heterocycles. The monoisotopic (exact) mass is 464 g/mol. The lowest BCUT2D eigenvalue weighted by molar-refractivity contribution is -0.151. The molecule has 10 heteroatoms. The van der Waals surface area contributed by atoms with Gasteiger partial charge in [0.15, 0.2) is 6.61 Å². The Hall–Kier alpha value is -3.56. The molecule has 2 amide bonds. The van der Waals surface area contributed by atoms with Gasteiger partial charge in [0.25, 0.3) is 5.91 Å². The summed E-state index contributed by atoms with van der Waals surface area (Å²) in [5.74, 6) is -1.85. The molecule has 3 rings (SSSR count). The Morgan fingerprint density at radius 1 is 1.15 bits per heavy atom. The van der Waals surface area contributed by atoms with Gasteiger partial charge in [0.2, 0.25) is 5.91 Å². The van der Waals surface area contributed by atoms with Gasteiger partial charge in [-0.05, 0) is 48.9 Å². The van der Waals surface area contributed by atoms with Crippen LogP contribution in [0.3, 0.4) is 0 Å². The Morgan fingerprint density at radius 2 is 1.88 bits per heavy atom. The van der Waals surface area contributed by atoms with Crippen LogP contribution in [0.25, 0.3) is 0 Å². The van der Waals surface area contributed by atoms with E-state index in [2.05, 4.69) is 5.32 Å². The number of esters is 1. The third-order valence-corrected chi connectivity index (χ3v) is 4.90. The molecule has 1 aliphatic heterocycles. The quantitative estimate of drug-likeness (QED) is 0.597. The zero-order valence-corrected chi connectivity index (χ0v) is 17.9. The third-order valence-electron chi connectivity index (χ3n) is 4.90. The Bertz CT molecular complexity index is 1010. The van der Waals surface area contributed by atoms with Gasteiger partial charge in [-0.15, -0.1) is 0 Å². The van der Waals surface area contributed by atoms with Crippen molar-refractivity contribution in [2.75, 3.05) is 30.0 Å². The van der Waals surface area contributed by atoms with Crippen LogP contribution in [-0.2, 0) is 25.3 Å². The maximum absolute atomic E-state index is 12.8. The first-order chi connectivity index (χ1) is 15.7. The molecule has 0 spiro atoms. The summed E-state index contributed by atoms with van der Waals surface area (Å²) in [5, 5.41) is 2.26.